The van der Waals surface area contributed by atoms with E-state index >= 15 is 0 Å². The average Bonchev–Trinajstić information content (AvgIpc) is 2.25. The largest absolute Gasteiger partial charge is 0.396 e. The molecule has 0 saturated carbocycles. The zero-order valence-corrected chi connectivity index (χ0v) is 11.3. The molecule has 0 amide bonds. The highest BCUT2D eigenvalue weighted by Gasteiger charge is 2.33. The van der Waals surface area contributed by atoms with E-state index in [4.69, 9.17) is 9.84 Å². The summed E-state index contributed by atoms with van der Waals surface area (Å²) in [7, 11) is -1.99. The third kappa shape index (κ3) is 4.51. The van der Waals surface area contributed by atoms with Gasteiger partial charge in [-0.25, -0.2) is 0 Å². The van der Waals surface area contributed by atoms with Crippen LogP contribution >= 0.6 is 0 Å². The summed E-state index contributed by atoms with van der Waals surface area (Å²) in [6, 6.07) is 0. The van der Waals surface area contributed by atoms with Crippen LogP contribution in [0.4, 0.5) is 0 Å². The predicted octanol–water partition coefficient (Wildman–Crippen LogP) is -0.296. The first-order valence-electron chi connectivity index (χ1n) is 5.83. The van der Waals surface area contributed by atoms with Crippen LogP contribution in [0.1, 0.15) is 26.2 Å². The van der Waals surface area contributed by atoms with Gasteiger partial charge in [-0.2, -0.15) is 17.4 Å². The summed E-state index contributed by atoms with van der Waals surface area (Å²) in [5, 5.41) is 8.69. The van der Waals surface area contributed by atoms with E-state index in [0.29, 0.717) is 26.2 Å². The number of ether oxygens (including phenoxy) is 1. The lowest BCUT2D eigenvalue weighted by Crippen LogP contribution is -2.55. The minimum atomic E-state index is -3.50. The Balaban J connectivity index is 2.58. The minimum Gasteiger partial charge on any atom is -0.396 e. The van der Waals surface area contributed by atoms with Gasteiger partial charge in [-0.15, -0.1) is 0 Å². The van der Waals surface area contributed by atoms with Gasteiger partial charge in [0, 0.05) is 26.8 Å². The lowest BCUT2D eigenvalue weighted by atomic mass is 9.97. The van der Waals surface area contributed by atoms with Crippen LogP contribution in [0.3, 0.4) is 0 Å². The van der Waals surface area contributed by atoms with E-state index in [1.165, 1.54) is 11.4 Å². The summed E-state index contributed by atoms with van der Waals surface area (Å²) in [6.45, 7) is 3.24. The molecule has 1 heterocycles. The second-order valence-electron chi connectivity index (χ2n) is 4.72. The Hall–Kier alpha value is -0.210. The third-order valence-electron chi connectivity index (χ3n) is 2.85. The second-order valence-corrected chi connectivity index (χ2v) is 6.50. The molecule has 0 aromatic rings. The summed E-state index contributed by atoms with van der Waals surface area (Å²) in [6.07, 6.45) is 2.07. The molecule has 0 radical (unpaired) electrons. The number of nitrogens with zero attached hydrogens (tertiary/aromatic N) is 1. The van der Waals surface area contributed by atoms with Gasteiger partial charge >= 0.3 is 0 Å². The Kier molecular flexibility index (Phi) is 5.33. The fourth-order valence-electron chi connectivity index (χ4n) is 1.82. The molecule has 1 saturated heterocycles. The van der Waals surface area contributed by atoms with Crippen molar-refractivity contribution in [2.45, 2.75) is 31.7 Å². The molecule has 1 aliphatic rings. The third-order valence-corrected chi connectivity index (χ3v) is 4.61. The van der Waals surface area contributed by atoms with Gasteiger partial charge in [0.2, 0.25) is 0 Å². The van der Waals surface area contributed by atoms with Crippen molar-refractivity contribution in [1.82, 2.24) is 9.03 Å². The molecule has 0 bridgehead atoms. The van der Waals surface area contributed by atoms with E-state index in [0.717, 1.165) is 12.8 Å². The van der Waals surface area contributed by atoms with E-state index in [1.54, 1.807) is 0 Å². The molecular weight excluding hydrogens is 244 g/mol. The summed E-state index contributed by atoms with van der Waals surface area (Å²) in [5.41, 5.74) is -0.523. The predicted molar refractivity (Wildman–Crippen MR) is 64.8 cm³/mol. The van der Waals surface area contributed by atoms with Crippen LogP contribution in [0, 0.1) is 0 Å². The number of aliphatic hydroxyl groups excluding tert-OH is 1. The first-order valence-corrected chi connectivity index (χ1v) is 7.27. The van der Waals surface area contributed by atoms with E-state index in [2.05, 4.69) is 4.72 Å². The van der Waals surface area contributed by atoms with Crippen molar-refractivity contribution in [3.63, 3.8) is 0 Å². The van der Waals surface area contributed by atoms with Crippen molar-refractivity contribution >= 4 is 10.2 Å². The molecule has 1 atom stereocenters. The maximum atomic E-state index is 12.0. The Labute approximate surface area is 103 Å². The Morgan fingerprint density at radius 2 is 2.24 bits per heavy atom. The van der Waals surface area contributed by atoms with Crippen LogP contribution in [0.2, 0.25) is 0 Å². The van der Waals surface area contributed by atoms with Crippen LogP contribution in [0.5, 0.6) is 0 Å². The van der Waals surface area contributed by atoms with Crippen LogP contribution < -0.4 is 4.72 Å². The number of rotatable bonds is 6. The van der Waals surface area contributed by atoms with Gasteiger partial charge in [-0.3, -0.25) is 0 Å². The highest BCUT2D eigenvalue weighted by atomic mass is 32.2. The zero-order chi connectivity index (χ0) is 12.9. The molecule has 1 unspecified atom stereocenters. The molecule has 17 heavy (non-hydrogen) atoms. The van der Waals surface area contributed by atoms with E-state index in [-0.39, 0.29) is 6.61 Å². The van der Waals surface area contributed by atoms with Crippen molar-refractivity contribution in [3.8, 4) is 0 Å². The first kappa shape index (κ1) is 14.8. The van der Waals surface area contributed by atoms with Gasteiger partial charge in [-0.1, -0.05) is 0 Å². The van der Waals surface area contributed by atoms with Gasteiger partial charge in [0.15, 0.2) is 0 Å². The van der Waals surface area contributed by atoms with Gasteiger partial charge < -0.3 is 9.84 Å². The zero-order valence-electron chi connectivity index (χ0n) is 10.5. The van der Waals surface area contributed by atoms with Crippen LogP contribution in [-0.4, -0.2) is 56.8 Å². The van der Waals surface area contributed by atoms with Gasteiger partial charge in [0.1, 0.15) is 0 Å². The Morgan fingerprint density at radius 1 is 1.53 bits per heavy atom. The highest BCUT2D eigenvalue weighted by Crippen LogP contribution is 2.19. The minimum absolute atomic E-state index is 0.0137. The fourth-order valence-corrected chi connectivity index (χ4v) is 3.13. The summed E-state index contributed by atoms with van der Waals surface area (Å²) >= 11 is 0. The number of nitrogens with one attached hydrogen (secondary N) is 1. The standard InChI is InChI=1S/C10H22N2O4S/c1-10(5-3-8-16-9-10)11-17(14,15)12(2)6-4-7-13/h11,13H,3-9H2,1-2H3. The summed E-state index contributed by atoms with van der Waals surface area (Å²) in [5.74, 6) is 0. The molecule has 1 fully saturated rings. The molecule has 0 aromatic carbocycles. The van der Waals surface area contributed by atoms with E-state index in [9.17, 15) is 8.42 Å². The number of aliphatic hydroxyl groups is 1. The number of hydrogen-bond donors (Lipinski definition) is 2. The molecule has 0 aromatic heterocycles. The maximum Gasteiger partial charge on any atom is 0.279 e. The smallest absolute Gasteiger partial charge is 0.279 e. The van der Waals surface area contributed by atoms with Gasteiger partial charge in [0.25, 0.3) is 10.2 Å². The SMILES string of the molecule is CN(CCCO)S(=O)(=O)NC1(C)CCCOC1. The lowest BCUT2D eigenvalue weighted by molar-refractivity contribution is 0.0380. The van der Waals surface area contributed by atoms with Crippen molar-refractivity contribution in [3.05, 3.63) is 0 Å². The van der Waals surface area contributed by atoms with Crippen LogP contribution in [0.15, 0.2) is 0 Å². The van der Waals surface area contributed by atoms with Crippen molar-refractivity contribution < 1.29 is 18.3 Å². The molecule has 0 aliphatic carbocycles. The quantitative estimate of drug-likeness (QED) is 0.692. The second kappa shape index (κ2) is 6.10. The maximum absolute atomic E-state index is 12.0. The summed E-state index contributed by atoms with van der Waals surface area (Å²) in [4.78, 5) is 0. The Bertz CT molecular complexity index is 325. The van der Waals surface area contributed by atoms with Crippen molar-refractivity contribution in [2.75, 3.05) is 33.4 Å². The molecule has 7 heteroatoms. The molecule has 6 nitrogen and oxygen atoms in total. The van der Waals surface area contributed by atoms with Gasteiger partial charge in [-0.05, 0) is 26.2 Å². The van der Waals surface area contributed by atoms with Crippen molar-refractivity contribution in [1.29, 1.82) is 0 Å². The normalized spacial score (nSPS) is 26.4. The average molecular weight is 266 g/mol. The molecule has 102 valence electrons. The monoisotopic (exact) mass is 266 g/mol. The van der Waals surface area contributed by atoms with E-state index in [1.807, 2.05) is 6.92 Å². The first-order chi connectivity index (χ1) is 7.90. The summed E-state index contributed by atoms with van der Waals surface area (Å²) < 4.78 is 33.2. The highest BCUT2D eigenvalue weighted by molar-refractivity contribution is 7.87. The Morgan fingerprint density at radius 3 is 2.76 bits per heavy atom. The van der Waals surface area contributed by atoms with E-state index < -0.39 is 15.7 Å². The topological polar surface area (TPSA) is 78.9 Å². The molecule has 1 aliphatic heterocycles. The molecule has 0 spiro atoms. The van der Waals surface area contributed by atoms with Crippen LogP contribution in [0.25, 0.3) is 0 Å². The van der Waals surface area contributed by atoms with Crippen molar-refractivity contribution in [2.24, 2.45) is 0 Å². The molecular formula is C10H22N2O4S. The molecule has 2 N–H and O–H groups in total. The van der Waals surface area contributed by atoms with Crippen LogP contribution in [-0.2, 0) is 14.9 Å². The number of hydrogen-bond acceptors (Lipinski definition) is 4. The van der Waals surface area contributed by atoms with Gasteiger partial charge in [0.05, 0.1) is 12.1 Å². The fraction of sp³-hybridized carbons (Fsp3) is 1.00. The lowest BCUT2D eigenvalue weighted by Gasteiger charge is -2.35. The molecule has 1 rings (SSSR count).